The molecule has 2 N–H and O–H groups in total. The van der Waals surface area contributed by atoms with Gasteiger partial charge in [0.25, 0.3) is 0 Å². The van der Waals surface area contributed by atoms with Crippen molar-refractivity contribution in [3.8, 4) is 0 Å². The van der Waals surface area contributed by atoms with Crippen LogP contribution in [-0.4, -0.2) is 65.8 Å². The molecule has 0 unspecified atom stereocenters. The van der Waals surface area contributed by atoms with Gasteiger partial charge >= 0.3 is 6.09 Å². The van der Waals surface area contributed by atoms with E-state index in [0.29, 0.717) is 26.4 Å². The number of likely N-dealkylation sites (tertiary alicyclic amines) is 1. The van der Waals surface area contributed by atoms with Gasteiger partial charge in [0.2, 0.25) is 5.91 Å². The van der Waals surface area contributed by atoms with Gasteiger partial charge in [0.05, 0.1) is 16.7 Å². The molecule has 186 valence electrons. The normalized spacial score (nSPS) is 22.2. The average Bonchev–Trinajstić information content (AvgIpc) is 3.08. The van der Waals surface area contributed by atoms with Crippen LogP contribution in [-0.2, 0) is 21.8 Å². The molecular weight excluding hydrogens is 468 g/mol. The topological polar surface area (TPSA) is 96.7 Å². The van der Waals surface area contributed by atoms with Gasteiger partial charge in [0.15, 0.2) is 0 Å². The third-order valence-electron chi connectivity index (χ3n) is 6.96. The summed E-state index contributed by atoms with van der Waals surface area (Å²) in [5, 5.41) is 18.3. The second kappa shape index (κ2) is 9.20. The maximum absolute atomic E-state index is 13.1. The SMILES string of the molecule is CSc1cccc2c(C(C)(C)NC(=O)[C@@H]3[C@@H]4CN(C(=O)O)C[C@@H]43)nn(COCC[Si](C)(C)C)c12. The van der Waals surface area contributed by atoms with Gasteiger partial charge in [-0.15, -0.1) is 11.8 Å². The summed E-state index contributed by atoms with van der Waals surface area (Å²) >= 11 is 1.67. The molecule has 0 spiro atoms. The summed E-state index contributed by atoms with van der Waals surface area (Å²) in [7, 11) is -1.18. The first-order valence-electron chi connectivity index (χ1n) is 11.8. The number of nitrogens with one attached hydrogen (secondary N) is 1. The number of ether oxygens (including phenoxy) is 1. The molecule has 2 heterocycles. The smallest absolute Gasteiger partial charge is 0.407 e. The fourth-order valence-corrected chi connectivity index (χ4v) is 6.36. The average molecular weight is 505 g/mol. The van der Waals surface area contributed by atoms with Crippen LogP contribution in [0.15, 0.2) is 23.1 Å². The molecular formula is C24H36N4O4SSi. The van der Waals surface area contributed by atoms with Crippen LogP contribution in [0.25, 0.3) is 10.9 Å². The number of carbonyl (C=O) groups excluding carboxylic acids is 1. The molecule has 1 aliphatic heterocycles. The van der Waals surface area contributed by atoms with Crippen molar-refractivity contribution in [1.29, 1.82) is 0 Å². The van der Waals surface area contributed by atoms with Crippen LogP contribution in [0.2, 0.25) is 25.7 Å². The summed E-state index contributed by atoms with van der Waals surface area (Å²) in [5.41, 5.74) is 1.17. The molecule has 2 aromatic rings. The van der Waals surface area contributed by atoms with E-state index in [1.165, 1.54) is 4.90 Å². The van der Waals surface area contributed by atoms with E-state index in [1.54, 1.807) is 11.8 Å². The zero-order valence-electron chi connectivity index (χ0n) is 20.9. The summed E-state index contributed by atoms with van der Waals surface area (Å²) in [6.07, 6.45) is 1.15. The van der Waals surface area contributed by atoms with E-state index in [9.17, 15) is 14.7 Å². The molecule has 3 atom stereocenters. The van der Waals surface area contributed by atoms with Crippen molar-refractivity contribution in [3.63, 3.8) is 0 Å². The van der Waals surface area contributed by atoms with Crippen molar-refractivity contribution in [2.75, 3.05) is 26.0 Å². The number of hydrogen-bond acceptors (Lipinski definition) is 5. The summed E-state index contributed by atoms with van der Waals surface area (Å²) in [6.45, 7) is 13.0. The Morgan fingerprint density at radius 2 is 1.94 bits per heavy atom. The summed E-state index contributed by atoms with van der Waals surface area (Å²) in [6, 6.07) is 7.26. The maximum atomic E-state index is 13.1. The van der Waals surface area contributed by atoms with E-state index in [4.69, 9.17) is 9.84 Å². The number of carbonyl (C=O) groups is 2. The number of carboxylic acid groups (broad SMARTS) is 1. The lowest BCUT2D eigenvalue weighted by Crippen LogP contribution is -2.44. The molecule has 10 heteroatoms. The third-order valence-corrected chi connectivity index (χ3v) is 9.43. The first-order valence-corrected chi connectivity index (χ1v) is 16.8. The number of para-hydroxylation sites is 1. The van der Waals surface area contributed by atoms with Crippen LogP contribution >= 0.6 is 11.8 Å². The fourth-order valence-electron chi connectivity index (χ4n) is 4.98. The van der Waals surface area contributed by atoms with Crippen molar-refractivity contribution < 1.29 is 19.4 Å². The van der Waals surface area contributed by atoms with Gasteiger partial charge in [-0.25, -0.2) is 9.48 Å². The molecule has 1 aromatic carbocycles. The number of benzene rings is 1. The van der Waals surface area contributed by atoms with Gasteiger partial charge in [-0.1, -0.05) is 31.8 Å². The Morgan fingerprint density at radius 3 is 2.53 bits per heavy atom. The Bertz CT molecular complexity index is 1080. The molecule has 34 heavy (non-hydrogen) atoms. The van der Waals surface area contributed by atoms with Gasteiger partial charge in [0.1, 0.15) is 6.73 Å². The molecule has 0 bridgehead atoms. The highest BCUT2D eigenvalue weighted by Crippen LogP contribution is 2.52. The minimum Gasteiger partial charge on any atom is -0.465 e. The minimum absolute atomic E-state index is 0.0138. The highest BCUT2D eigenvalue weighted by atomic mass is 32.2. The van der Waals surface area contributed by atoms with Crippen molar-refractivity contribution in [1.82, 2.24) is 20.0 Å². The second-order valence-electron chi connectivity index (χ2n) is 11.2. The predicted octanol–water partition coefficient (Wildman–Crippen LogP) is 4.28. The molecule has 2 fully saturated rings. The number of rotatable bonds is 9. The quantitative estimate of drug-likeness (QED) is 0.301. The predicted molar refractivity (Wildman–Crippen MR) is 137 cm³/mol. The molecule has 1 saturated carbocycles. The standard InChI is InChI=1S/C24H36N4O4SSi/c1-24(2,25-22(29)19-16-12-27(23(30)31)13-17(16)19)21-15-8-7-9-18(33-3)20(15)28(26-21)14-32-10-11-34(4,5)6/h7-9,16-17,19H,10-14H2,1-6H3,(H,25,29)(H,30,31)/t16-,17+,19-. The Labute approximate surface area is 206 Å². The number of nitrogens with zero attached hydrogens (tertiary/aromatic N) is 3. The van der Waals surface area contributed by atoms with Crippen LogP contribution in [0.3, 0.4) is 0 Å². The van der Waals surface area contributed by atoms with E-state index in [1.807, 2.05) is 24.6 Å². The Hall–Kier alpha value is -2.04. The molecule has 1 saturated heterocycles. The van der Waals surface area contributed by atoms with Crippen LogP contribution in [0.1, 0.15) is 19.5 Å². The number of piperidine rings is 1. The molecule has 0 radical (unpaired) electrons. The Kier molecular flexibility index (Phi) is 6.78. The first kappa shape index (κ1) is 25.1. The largest absolute Gasteiger partial charge is 0.465 e. The number of amides is 2. The van der Waals surface area contributed by atoms with Gasteiger partial charge < -0.3 is 20.1 Å². The number of fused-ring (bicyclic) bond motifs is 2. The van der Waals surface area contributed by atoms with Crippen LogP contribution < -0.4 is 5.32 Å². The molecule has 1 aliphatic carbocycles. The molecule has 1 aromatic heterocycles. The number of thioether (sulfide) groups is 1. The van der Waals surface area contributed by atoms with E-state index in [-0.39, 0.29) is 23.7 Å². The molecule has 8 nitrogen and oxygen atoms in total. The minimum atomic E-state index is -1.18. The lowest BCUT2D eigenvalue weighted by atomic mass is 9.96. The highest BCUT2D eigenvalue weighted by molar-refractivity contribution is 7.98. The maximum Gasteiger partial charge on any atom is 0.407 e. The van der Waals surface area contributed by atoms with Crippen molar-refractivity contribution in [2.24, 2.45) is 17.8 Å². The van der Waals surface area contributed by atoms with E-state index in [2.05, 4.69) is 43.3 Å². The summed E-state index contributed by atoms with van der Waals surface area (Å²) < 4.78 is 7.95. The van der Waals surface area contributed by atoms with Gasteiger partial charge in [-0.3, -0.25) is 4.79 Å². The van der Waals surface area contributed by atoms with E-state index in [0.717, 1.165) is 27.5 Å². The van der Waals surface area contributed by atoms with Crippen molar-refractivity contribution in [3.05, 3.63) is 23.9 Å². The molecule has 2 amide bonds. The zero-order chi connectivity index (χ0) is 24.8. The number of hydrogen-bond donors (Lipinski definition) is 2. The van der Waals surface area contributed by atoms with Crippen LogP contribution in [0.5, 0.6) is 0 Å². The second-order valence-corrected chi connectivity index (χ2v) is 17.7. The third kappa shape index (κ3) is 4.99. The highest BCUT2D eigenvalue weighted by Gasteiger charge is 2.60. The zero-order valence-corrected chi connectivity index (χ0v) is 22.7. The Balaban J connectivity index is 1.52. The van der Waals surface area contributed by atoms with Gasteiger partial charge in [-0.2, -0.15) is 5.10 Å². The lowest BCUT2D eigenvalue weighted by molar-refractivity contribution is -0.125. The lowest BCUT2D eigenvalue weighted by Gasteiger charge is -2.26. The first-order chi connectivity index (χ1) is 15.9. The van der Waals surface area contributed by atoms with Crippen LogP contribution in [0, 0.1) is 17.8 Å². The van der Waals surface area contributed by atoms with E-state index < -0.39 is 19.7 Å². The summed E-state index contributed by atoms with van der Waals surface area (Å²) in [4.78, 5) is 26.8. The van der Waals surface area contributed by atoms with Crippen LogP contribution in [0.4, 0.5) is 4.79 Å². The molecule has 2 aliphatic rings. The van der Waals surface area contributed by atoms with Crippen molar-refractivity contribution in [2.45, 2.75) is 56.7 Å². The van der Waals surface area contributed by atoms with Crippen molar-refractivity contribution >= 4 is 42.7 Å². The molecule has 4 rings (SSSR count). The summed E-state index contributed by atoms with van der Waals surface area (Å²) in [5.74, 6) is 0.128. The number of aromatic nitrogens is 2. The van der Waals surface area contributed by atoms with Gasteiger partial charge in [0, 0.05) is 44.0 Å². The van der Waals surface area contributed by atoms with E-state index >= 15 is 0 Å². The monoisotopic (exact) mass is 504 g/mol. The van der Waals surface area contributed by atoms with Gasteiger partial charge in [-0.05, 0) is 44.0 Å². The fraction of sp³-hybridized carbons (Fsp3) is 0.625. The Morgan fingerprint density at radius 1 is 1.26 bits per heavy atom.